The number of para-hydroxylation sites is 1. The van der Waals surface area contributed by atoms with E-state index in [9.17, 15) is 18.0 Å². The highest BCUT2D eigenvalue weighted by Crippen LogP contribution is 2.29. The third-order valence-corrected chi connectivity index (χ3v) is 8.25. The van der Waals surface area contributed by atoms with Crippen molar-refractivity contribution >= 4 is 17.7 Å². The molecule has 0 aliphatic carbocycles. The fraction of sp³-hybridized carbons (Fsp3) is 0.333. The number of hydrogen-bond acceptors (Lipinski definition) is 4. The number of nitrogens with zero attached hydrogens (tertiary/aromatic N) is 2. The molecule has 7 nitrogen and oxygen atoms in total. The maximum Gasteiger partial charge on any atom is 0.490 e. The average molecular weight is 675 g/mol. The Morgan fingerprint density at radius 1 is 0.857 bits per heavy atom. The molecular formula is C39H45F3N4O3. The van der Waals surface area contributed by atoms with Crippen LogP contribution in [0.15, 0.2) is 109 Å². The molecule has 0 saturated carbocycles. The van der Waals surface area contributed by atoms with E-state index in [1.165, 1.54) is 27.8 Å². The van der Waals surface area contributed by atoms with Gasteiger partial charge in [0.1, 0.15) is 0 Å². The molecule has 1 heterocycles. The summed E-state index contributed by atoms with van der Waals surface area (Å²) in [6, 6.07) is 37.9. The van der Waals surface area contributed by atoms with Crippen LogP contribution in [0.1, 0.15) is 43.4 Å². The molecule has 4 aromatic rings. The Hall–Kier alpha value is -4.67. The van der Waals surface area contributed by atoms with Crippen molar-refractivity contribution in [3.63, 3.8) is 0 Å². The van der Waals surface area contributed by atoms with Gasteiger partial charge in [0, 0.05) is 44.5 Å². The maximum absolute atomic E-state index is 13.9. The van der Waals surface area contributed by atoms with E-state index < -0.39 is 12.1 Å². The fourth-order valence-electron chi connectivity index (χ4n) is 5.79. The monoisotopic (exact) mass is 674 g/mol. The molecule has 1 fully saturated rings. The van der Waals surface area contributed by atoms with Crippen molar-refractivity contribution in [1.29, 1.82) is 0 Å². The number of nitrogens with one attached hydrogen (secondary N) is 2. The fourth-order valence-corrected chi connectivity index (χ4v) is 5.79. The van der Waals surface area contributed by atoms with Crippen LogP contribution in [-0.4, -0.2) is 58.8 Å². The number of amides is 2. The third-order valence-electron chi connectivity index (χ3n) is 8.25. The smallest absolute Gasteiger partial charge is 0.475 e. The van der Waals surface area contributed by atoms with Crippen molar-refractivity contribution in [2.45, 2.75) is 58.5 Å². The number of alkyl halides is 3. The number of urea groups is 1. The molecule has 0 spiro atoms. The Bertz CT molecular complexity index is 1610. The molecule has 0 aromatic heterocycles. The highest BCUT2D eigenvalue weighted by Gasteiger charge is 2.38. The molecule has 0 radical (unpaired) electrons. The Labute approximate surface area is 286 Å². The summed E-state index contributed by atoms with van der Waals surface area (Å²) >= 11 is 0. The van der Waals surface area contributed by atoms with Gasteiger partial charge in [-0.15, -0.1) is 0 Å². The van der Waals surface area contributed by atoms with Crippen molar-refractivity contribution in [2.75, 3.05) is 25.0 Å². The second-order valence-electron chi connectivity index (χ2n) is 12.6. The van der Waals surface area contributed by atoms with E-state index in [-0.39, 0.29) is 12.1 Å². The zero-order chi connectivity index (χ0) is 35.2. The van der Waals surface area contributed by atoms with Gasteiger partial charge in [-0.3, -0.25) is 4.90 Å². The first kappa shape index (κ1) is 37.2. The lowest BCUT2D eigenvalue weighted by molar-refractivity contribution is -0.192. The van der Waals surface area contributed by atoms with E-state index in [1.54, 1.807) is 0 Å². The minimum atomic E-state index is -5.08. The first-order valence-electron chi connectivity index (χ1n) is 16.6. The van der Waals surface area contributed by atoms with Crippen molar-refractivity contribution in [3.8, 4) is 11.1 Å². The molecule has 0 bridgehead atoms. The molecule has 2 amide bonds. The number of anilines is 1. The third kappa shape index (κ3) is 12.1. The van der Waals surface area contributed by atoms with Crippen LogP contribution >= 0.6 is 0 Å². The summed E-state index contributed by atoms with van der Waals surface area (Å²) in [4.78, 5) is 27.3. The van der Waals surface area contributed by atoms with Crippen molar-refractivity contribution in [1.82, 2.24) is 15.1 Å². The zero-order valence-electron chi connectivity index (χ0n) is 28.0. The van der Waals surface area contributed by atoms with Gasteiger partial charge in [-0.25, -0.2) is 9.59 Å². The molecule has 3 N–H and O–H groups in total. The average Bonchev–Trinajstić information content (AvgIpc) is 3.08. The molecule has 0 atom stereocenters. The second-order valence-corrected chi connectivity index (χ2v) is 12.6. The quantitative estimate of drug-likeness (QED) is 0.149. The number of piperidine rings is 1. The molecule has 0 unspecified atom stereocenters. The van der Waals surface area contributed by atoms with Crippen molar-refractivity contribution < 1.29 is 27.9 Å². The number of carboxylic acids is 1. The number of carboxylic acid groups (broad SMARTS) is 1. The second kappa shape index (κ2) is 18.2. The summed E-state index contributed by atoms with van der Waals surface area (Å²) in [7, 11) is 0. The zero-order valence-corrected chi connectivity index (χ0v) is 28.0. The van der Waals surface area contributed by atoms with Crippen LogP contribution in [0, 0.1) is 5.92 Å². The summed E-state index contributed by atoms with van der Waals surface area (Å²) in [6.45, 7) is 9.77. The summed E-state index contributed by atoms with van der Waals surface area (Å²) in [5, 5.41) is 13.9. The van der Waals surface area contributed by atoms with E-state index in [0.29, 0.717) is 12.5 Å². The van der Waals surface area contributed by atoms with Gasteiger partial charge in [-0.05, 0) is 71.3 Å². The molecule has 1 aliphatic heterocycles. The lowest BCUT2D eigenvalue weighted by Crippen LogP contribution is -2.48. The lowest BCUT2D eigenvalue weighted by Gasteiger charge is -2.39. The Morgan fingerprint density at radius 3 is 2.08 bits per heavy atom. The highest BCUT2D eigenvalue weighted by atomic mass is 19.4. The predicted octanol–water partition coefficient (Wildman–Crippen LogP) is 8.43. The van der Waals surface area contributed by atoms with Crippen LogP contribution in [0.2, 0.25) is 0 Å². The molecule has 260 valence electrons. The molecule has 4 aromatic carbocycles. The van der Waals surface area contributed by atoms with Crippen LogP contribution in [0.25, 0.3) is 11.1 Å². The number of carbonyl (C=O) groups is 2. The summed E-state index contributed by atoms with van der Waals surface area (Å²) < 4.78 is 31.7. The molecule has 1 saturated heterocycles. The highest BCUT2D eigenvalue weighted by molar-refractivity contribution is 5.89. The Morgan fingerprint density at radius 2 is 1.45 bits per heavy atom. The molecule has 10 heteroatoms. The van der Waals surface area contributed by atoms with Crippen LogP contribution < -0.4 is 10.6 Å². The normalized spacial score (nSPS) is 13.8. The standard InChI is InChI=1S/C37H44N4O.C2HF3O2/c1-29(2)25-38-26-31-14-11-16-32(24-31)36-19-10-9-15-33(36)28-41(37(42)39-34-17-7-4-8-18-34)35-20-22-40(23-21-35)27-30-12-5-3-6-13-30;3-2(4,5)1(6)7/h3-19,24,29,35,38H,20-23,25-28H2,1-2H3,(H,39,42);(H,6,7). The maximum atomic E-state index is 13.9. The minimum absolute atomic E-state index is 0.0378. The topological polar surface area (TPSA) is 84.9 Å². The van der Waals surface area contributed by atoms with Gasteiger partial charge in [0.15, 0.2) is 0 Å². The predicted molar refractivity (Wildman–Crippen MR) is 188 cm³/mol. The number of likely N-dealkylation sites (tertiary alicyclic amines) is 1. The number of benzene rings is 4. The van der Waals surface area contributed by atoms with Crippen LogP contribution in [0.4, 0.5) is 23.7 Å². The van der Waals surface area contributed by atoms with Crippen LogP contribution in [0.3, 0.4) is 0 Å². The van der Waals surface area contributed by atoms with E-state index >= 15 is 0 Å². The lowest BCUT2D eigenvalue weighted by atomic mass is 9.96. The Balaban J connectivity index is 0.000000698. The van der Waals surface area contributed by atoms with Gasteiger partial charge < -0.3 is 20.6 Å². The van der Waals surface area contributed by atoms with Gasteiger partial charge in [-0.1, -0.05) is 105 Å². The minimum Gasteiger partial charge on any atom is -0.475 e. The summed E-state index contributed by atoms with van der Waals surface area (Å²) in [6.07, 6.45) is -3.18. The summed E-state index contributed by atoms with van der Waals surface area (Å²) in [5.41, 5.74) is 6.97. The molecule has 5 rings (SSSR count). The molecular weight excluding hydrogens is 629 g/mol. The van der Waals surface area contributed by atoms with Crippen LogP contribution in [0.5, 0.6) is 0 Å². The van der Waals surface area contributed by atoms with Gasteiger partial charge in [0.2, 0.25) is 0 Å². The van der Waals surface area contributed by atoms with E-state index in [0.717, 1.165) is 51.3 Å². The number of carbonyl (C=O) groups excluding carboxylic acids is 1. The number of rotatable bonds is 11. The Kier molecular flexibility index (Phi) is 13.8. The first-order valence-corrected chi connectivity index (χ1v) is 16.6. The number of aliphatic carboxylic acids is 1. The van der Waals surface area contributed by atoms with Gasteiger partial charge in [0.25, 0.3) is 0 Å². The number of hydrogen-bond donors (Lipinski definition) is 3. The van der Waals surface area contributed by atoms with Crippen molar-refractivity contribution in [2.24, 2.45) is 5.92 Å². The van der Waals surface area contributed by atoms with Crippen LogP contribution in [-0.2, 0) is 24.4 Å². The SMILES string of the molecule is CC(C)CNCc1cccc(-c2ccccc2CN(C(=O)Nc2ccccc2)C2CCN(Cc3ccccc3)CC2)c1.O=C(O)C(F)(F)F. The number of halogens is 3. The van der Waals surface area contributed by atoms with Crippen molar-refractivity contribution in [3.05, 3.63) is 126 Å². The van der Waals surface area contributed by atoms with Gasteiger partial charge in [0.05, 0.1) is 0 Å². The van der Waals surface area contributed by atoms with E-state index in [2.05, 4.69) is 113 Å². The first-order chi connectivity index (χ1) is 23.5. The molecule has 49 heavy (non-hydrogen) atoms. The van der Waals surface area contributed by atoms with E-state index in [1.807, 2.05) is 30.3 Å². The van der Waals surface area contributed by atoms with Gasteiger partial charge in [-0.2, -0.15) is 13.2 Å². The molecule has 1 aliphatic rings. The largest absolute Gasteiger partial charge is 0.490 e. The summed E-state index contributed by atoms with van der Waals surface area (Å²) in [5.74, 6) is -2.14. The van der Waals surface area contributed by atoms with E-state index in [4.69, 9.17) is 9.90 Å². The van der Waals surface area contributed by atoms with Gasteiger partial charge >= 0.3 is 18.2 Å².